The average molecular weight is 358 g/mol. The Morgan fingerprint density at radius 3 is 2.30 bits per heavy atom. The topological polar surface area (TPSA) is 75.3 Å². The van der Waals surface area contributed by atoms with Crippen molar-refractivity contribution in [2.45, 2.75) is 18.9 Å². The third kappa shape index (κ3) is 3.35. The molecule has 1 N–H and O–H groups in total. The van der Waals surface area contributed by atoms with E-state index in [-0.39, 0.29) is 11.8 Å². The van der Waals surface area contributed by atoms with Crippen LogP contribution in [0.15, 0.2) is 65.1 Å². The van der Waals surface area contributed by atoms with E-state index in [1.807, 2.05) is 60.7 Å². The summed E-state index contributed by atoms with van der Waals surface area (Å²) < 4.78 is 11.4. The number of furan rings is 1. The second kappa shape index (κ2) is 7.48. The fourth-order valence-corrected chi connectivity index (χ4v) is 3.28. The Bertz CT molecular complexity index is 982. The van der Waals surface area contributed by atoms with Crippen molar-refractivity contribution >= 4 is 11.8 Å². The fourth-order valence-electron chi connectivity index (χ4n) is 3.28. The summed E-state index contributed by atoms with van der Waals surface area (Å²) in [4.78, 5) is 12.5. The highest BCUT2D eigenvalue weighted by atomic mass is 16.5. The number of nitrogens with one attached hydrogen (secondary N) is 1. The van der Waals surface area contributed by atoms with Gasteiger partial charge in [-0.25, -0.2) is 0 Å². The van der Waals surface area contributed by atoms with E-state index >= 15 is 0 Å². The van der Waals surface area contributed by atoms with E-state index in [1.54, 1.807) is 0 Å². The minimum atomic E-state index is -0.498. The second-order valence-electron chi connectivity index (χ2n) is 6.35. The lowest BCUT2D eigenvalue weighted by molar-refractivity contribution is -0.124. The van der Waals surface area contributed by atoms with E-state index in [4.69, 9.17) is 9.15 Å². The molecule has 1 amide bonds. The maximum Gasteiger partial charge on any atom is 0.255 e. The minimum absolute atomic E-state index is 0.163. The predicted molar refractivity (Wildman–Crippen MR) is 102 cm³/mol. The molecule has 1 fully saturated rings. The van der Waals surface area contributed by atoms with Gasteiger partial charge in [0, 0.05) is 17.7 Å². The summed E-state index contributed by atoms with van der Waals surface area (Å²) in [5.41, 5.74) is 2.68. The SMILES string of the molecule is N#Cc1c(NC(=O)C2CCCO2)oc(-c2ccccc2)c1-c1ccccc1. The number of anilines is 1. The van der Waals surface area contributed by atoms with Gasteiger partial charge in [0.15, 0.2) is 0 Å². The van der Waals surface area contributed by atoms with Crippen LogP contribution >= 0.6 is 0 Å². The maximum absolute atomic E-state index is 12.5. The Kier molecular flexibility index (Phi) is 4.73. The fraction of sp³-hybridized carbons (Fsp3) is 0.182. The molecule has 0 spiro atoms. The molecule has 0 bridgehead atoms. The van der Waals surface area contributed by atoms with E-state index < -0.39 is 6.10 Å². The average Bonchev–Trinajstić information content (AvgIpc) is 3.37. The van der Waals surface area contributed by atoms with Crippen LogP contribution in [0.5, 0.6) is 0 Å². The van der Waals surface area contributed by atoms with Gasteiger partial charge in [-0.2, -0.15) is 5.26 Å². The van der Waals surface area contributed by atoms with Crippen LogP contribution in [0.2, 0.25) is 0 Å². The first kappa shape index (κ1) is 17.1. The first-order chi connectivity index (χ1) is 13.3. The predicted octanol–water partition coefficient (Wildman–Crippen LogP) is 4.60. The number of hydrogen-bond donors (Lipinski definition) is 1. The van der Waals surface area contributed by atoms with Gasteiger partial charge in [0.2, 0.25) is 5.88 Å². The molecule has 2 aromatic carbocycles. The molecule has 1 aliphatic heterocycles. The van der Waals surface area contributed by atoms with Gasteiger partial charge in [0.25, 0.3) is 5.91 Å². The van der Waals surface area contributed by atoms with Gasteiger partial charge in [-0.15, -0.1) is 0 Å². The lowest BCUT2D eigenvalue weighted by Gasteiger charge is -2.08. The zero-order valence-corrected chi connectivity index (χ0v) is 14.6. The van der Waals surface area contributed by atoms with Gasteiger partial charge < -0.3 is 9.15 Å². The van der Waals surface area contributed by atoms with Crippen molar-refractivity contribution in [3.8, 4) is 28.5 Å². The van der Waals surface area contributed by atoms with Crippen LogP contribution in [0.25, 0.3) is 22.5 Å². The summed E-state index contributed by atoms with van der Waals surface area (Å²) in [6.45, 7) is 0.575. The number of nitrogens with zero attached hydrogens (tertiary/aromatic N) is 1. The van der Waals surface area contributed by atoms with Crippen molar-refractivity contribution in [2.24, 2.45) is 0 Å². The standard InChI is InChI=1S/C22H18N2O3/c23-14-17-19(15-8-3-1-4-9-15)20(16-10-5-2-6-11-16)27-22(17)24-21(25)18-12-7-13-26-18/h1-6,8-11,18H,7,12-13H2,(H,24,25). The molecule has 0 saturated carbocycles. The number of amides is 1. The van der Waals surface area contributed by atoms with Crippen molar-refractivity contribution in [1.29, 1.82) is 5.26 Å². The van der Waals surface area contributed by atoms with Crippen LogP contribution in [0.1, 0.15) is 18.4 Å². The van der Waals surface area contributed by atoms with Crippen molar-refractivity contribution < 1.29 is 13.9 Å². The number of carbonyl (C=O) groups excluding carboxylic acids is 1. The summed E-state index contributed by atoms with van der Waals surface area (Å²) >= 11 is 0. The molecule has 4 rings (SSSR count). The number of hydrogen-bond acceptors (Lipinski definition) is 4. The third-order valence-corrected chi connectivity index (χ3v) is 4.58. The van der Waals surface area contributed by atoms with Crippen molar-refractivity contribution in [3.05, 3.63) is 66.2 Å². The Morgan fingerprint density at radius 1 is 1.04 bits per heavy atom. The van der Waals surface area contributed by atoms with Crippen molar-refractivity contribution in [3.63, 3.8) is 0 Å². The third-order valence-electron chi connectivity index (χ3n) is 4.58. The molecular formula is C22H18N2O3. The number of carbonyl (C=O) groups is 1. The second-order valence-corrected chi connectivity index (χ2v) is 6.35. The van der Waals surface area contributed by atoms with Gasteiger partial charge >= 0.3 is 0 Å². The number of nitriles is 1. The summed E-state index contributed by atoms with van der Waals surface area (Å²) in [7, 11) is 0. The van der Waals surface area contributed by atoms with Crippen LogP contribution in [-0.2, 0) is 9.53 Å². The van der Waals surface area contributed by atoms with Crippen LogP contribution < -0.4 is 5.32 Å². The van der Waals surface area contributed by atoms with Crippen LogP contribution in [0.4, 0.5) is 5.88 Å². The molecule has 1 aliphatic rings. The lowest BCUT2D eigenvalue weighted by atomic mass is 9.98. The van der Waals surface area contributed by atoms with E-state index in [0.717, 1.165) is 17.5 Å². The summed E-state index contributed by atoms with van der Waals surface area (Å²) in [6, 6.07) is 21.3. The molecule has 1 aromatic heterocycles. The van der Waals surface area contributed by atoms with Crippen LogP contribution in [0.3, 0.4) is 0 Å². The minimum Gasteiger partial charge on any atom is -0.438 e. The Morgan fingerprint density at radius 2 is 1.70 bits per heavy atom. The van der Waals surface area contributed by atoms with Crippen LogP contribution in [0, 0.1) is 11.3 Å². The number of benzene rings is 2. The Hall–Kier alpha value is -3.36. The normalized spacial score (nSPS) is 16.0. The number of rotatable bonds is 4. The quantitative estimate of drug-likeness (QED) is 0.739. The highest BCUT2D eigenvalue weighted by Gasteiger charge is 2.28. The molecule has 0 aliphatic carbocycles. The van der Waals surface area contributed by atoms with Gasteiger partial charge in [-0.1, -0.05) is 60.7 Å². The molecule has 0 radical (unpaired) electrons. The summed E-state index contributed by atoms with van der Waals surface area (Å²) in [6.07, 6.45) is 1.03. The molecule has 3 aromatic rings. The molecule has 5 nitrogen and oxygen atoms in total. The molecule has 134 valence electrons. The molecular weight excluding hydrogens is 340 g/mol. The summed E-state index contributed by atoms with van der Waals surface area (Å²) in [5, 5.41) is 12.6. The number of ether oxygens (including phenoxy) is 1. The van der Waals surface area contributed by atoms with Crippen LogP contribution in [-0.4, -0.2) is 18.6 Å². The van der Waals surface area contributed by atoms with Crippen molar-refractivity contribution in [1.82, 2.24) is 0 Å². The Balaban J connectivity index is 1.82. The highest BCUT2D eigenvalue weighted by molar-refractivity contribution is 5.97. The first-order valence-corrected chi connectivity index (χ1v) is 8.88. The molecule has 1 unspecified atom stereocenters. The molecule has 27 heavy (non-hydrogen) atoms. The smallest absolute Gasteiger partial charge is 0.255 e. The highest BCUT2D eigenvalue weighted by Crippen LogP contribution is 2.41. The Labute approximate surface area is 157 Å². The van der Waals surface area contributed by atoms with E-state index in [1.165, 1.54) is 0 Å². The zero-order chi connectivity index (χ0) is 18.6. The maximum atomic E-state index is 12.5. The van der Waals surface area contributed by atoms with E-state index in [0.29, 0.717) is 29.9 Å². The molecule has 5 heteroatoms. The molecule has 2 heterocycles. The summed E-state index contributed by atoms with van der Waals surface area (Å²) in [5.74, 6) is 0.439. The van der Waals surface area contributed by atoms with Gasteiger partial charge in [0.1, 0.15) is 23.5 Å². The van der Waals surface area contributed by atoms with E-state index in [9.17, 15) is 10.1 Å². The van der Waals surface area contributed by atoms with Gasteiger partial charge in [0.05, 0.1) is 0 Å². The largest absolute Gasteiger partial charge is 0.438 e. The van der Waals surface area contributed by atoms with E-state index in [2.05, 4.69) is 11.4 Å². The monoisotopic (exact) mass is 358 g/mol. The van der Waals surface area contributed by atoms with Gasteiger partial charge in [-0.05, 0) is 18.4 Å². The van der Waals surface area contributed by atoms with Gasteiger partial charge in [-0.3, -0.25) is 10.1 Å². The van der Waals surface area contributed by atoms with Crippen molar-refractivity contribution in [2.75, 3.05) is 11.9 Å². The zero-order valence-electron chi connectivity index (χ0n) is 14.6. The lowest BCUT2D eigenvalue weighted by Crippen LogP contribution is -2.26. The molecule has 1 atom stereocenters. The molecule has 1 saturated heterocycles. The first-order valence-electron chi connectivity index (χ1n) is 8.88.